The van der Waals surface area contributed by atoms with E-state index < -0.39 is 0 Å². The fourth-order valence-electron chi connectivity index (χ4n) is 2.95. The zero-order chi connectivity index (χ0) is 13.8. The van der Waals surface area contributed by atoms with Crippen LogP contribution < -0.4 is 0 Å². The number of rotatable bonds is 4. The lowest BCUT2D eigenvalue weighted by Gasteiger charge is -2.32. The molecule has 1 aliphatic heterocycles. The number of pyridine rings is 1. The molecule has 0 unspecified atom stereocenters. The fraction of sp³-hybridized carbons (Fsp3) is 0.500. The topological polar surface area (TPSA) is 34.0 Å². The number of hydrogen-bond donors (Lipinski definition) is 0. The standard InChI is InChI=1S/C16H22N4/c1-14-18-7-10-20(14)13-15-4-8-19(9-5-15)12-16-3-2-6-17-11-16/h2-3,6-7,10-11,15H,4-5,8-9,12-13H2,1H3. The smallest absolute Gasteiger partial charge is 0.105 e. The second-order valence-corrected chi connectivity index (χ2v) is 5.71. The molecule has 106 valence electrons. The maximum absolute atomic E-state index is 4.30. The maximum Gasteiger partial charge on any atom is 0.105 e. The SMILES string of the molecule is Cc1nccn1CC1CCN(Cc2cccnc2)CC1. The average Bonchev–Trinajstić information content (AvgIpc) is 2.88. The predicted molar refractivity (Wildman–Crippen MR) is 79.2 cm³/mol. The zero-order valence-electron chi connectivity index (χ0n) is 12.1. The van der Waals surface area contributed by atoms with Gasteiger partial charge in [-0.3, -0.25) is 9.88 Å². The van der Waals surface area contributed by atoms with E-state index in [1.165, 1.54) is 31.5 Å². The van der Waals surface area contributed by atoms with Crippen LogP contribution in [0.25, 0.3) is 0 Å². The quantitative estimate of drug-likeness (QED) is 0.856. The molecule has 2 aromatic rings. The summed E-state index contributed by atoms with van der Waals surface area (Å²) in [6.45, 7) is 6.61. The van der Waals surface area contributed by atoms with Crippen LogP contribution in [0.1, 0.15) is 24.2 Å². The molecule has 4 nitrogen and oxygen atoms in total. The Kier molecular flexibility index (Phi) is 4.11. The van der Waals surface area contributed by atoms with Gasteiger partial charge in [0.2, 0.25) is 0 Å². The highest BCUT2D eigenvalue weighted by Gasteiger charge is 2.19. The van der Waals surface area contributed by atoms with Gasteiger partial charge in [-0.2, -0.15) is 0 Å². The van der Waals surface area contributed by atoms with Gasteiger partial charge in [0.1, 0.15) is 5.82 Å². The maximum atomic E-state index is 4.30. The number of aromatic nitrogens is 3. The first-order valence-corrected chi connectivity index (χ1v) is 7.40. The molecule has 1 aliphatic rings. The highest BCUT2D eigenvalue weighted by atomic mass is 15.1. The van der Waals surface area contributed by atoms with Crippen LogP contribution in [0.2, 0.25) is 0 Å². The van der Waals surface area contributed by atoms with Crippen molar-refractivity contribution in [1.29, 1.82) is 0 Å². The van der Waals surface area contributed by atoms with E-state index in [9.17, 15) is 0 Å². The first kappa shape index (κ1) is 13.3. The van der Waals surface area contributed by atoms with Crippen molar-refractivity contribution >= 4 is 0 Å². The van der Waals surface area contributed by atoms with Gasteiger partial charge >= 0.3 is 0 Å². The summed E-state index contributed by atoms with van der Waals surface area (Å²) in [5.74, 6) is 1.91. The summed E-state index contributed by atoms with van der Waals surface area (Å²) in [5.41, 5.74) is 1.32. The molecule has 4 heteroatoms. The third-order valence-corrected chi connectivity index (χ3v) is 4.21. The Hall–Kier alpha value is -1.68. The van der Waals surface area contributed by atoms with E-state index in [4.69, 9.17) is 0 Å². The van der Waals surface area contributed by atoms with Crippen LogP contribution in [0.5, 0.6) is 0 Å². The molecule has 0 saturated carbocycles. The first-order chi connectivity index (χ1) is 9.81. The van der Waals surface area contributed by atoms with Crippen LogP contribution in [0.3, 0.4) is 0 Å². The van der Waals surface area contributed by atoms with Gasteiger partial charge in [0.25, 0.3) is 0 Å². The Morgan fingerprint density at radius 1 is 1.25 bits per heavy atom. The van der Waals surface area contributed by atoms with Crippen molar-refractivity contribution < 1.29 is 0 Å². The molecule has 0 aliphatic carbocycles. The summed E-state index contributed by atoms with van der Waals surface area (Å²) >= 11 is 0. The molecule has 0 atom stereocenters. The molecular formula is C16H22N4. The minimum absolute atomic E-state index is 0.785. The van der Waals surface area contributed by atoms with Crippen molar-refractivity contribution in [1.82, 2.24) is 19.4 Å². The van der Waals surface area contributed by atoms with E-state index in [0.29, 0.717) is 0 Å². The summed E-state index contributed by atoms with van der Waals surface area (Å²) in [6.07, 6.45) is 10.4. The van der Waals surface area contributed by atoms with E-state index in [1.807, 2.05) is 24.7 Å². The number of hydrogen-bond acceptors (Lipinski definition) is 3. The monoisotopic (exact) mass is 270 g/mol. The largest absolute Gasteiger partial charge is 0.335 e. The van der Waals surface area contributed by atoms with Crippen molar-refractivity contribution in [3.8, 4) is 0 Å². The summed E-state index contributed by atoms with van der Waals surface area (Å²) in [6, 6.07) is 4.18. The molecule has 3 heterocycles. The molecule has 0 spiro atoms. The molecule has 3 rings (SSSR count). The molecule has 20 heavy (non-hydrogen) atoms. The number of aryl methyl sites for hydroxylation is 1. The predicted octanol–water partition coefficient (Wildman–Crippen LogP) is 2.50. The first-order valence-electron chi connectivity index (χ1n) is 7.40. The minimum atomic E-state index is 0.785. The second kappa shape index (κ2) is 6.18. The highest BCUT2D eigenvalue weighted by molar-refractivity contribution is 5.08. The van der Waals surface area contributed by atoms with Gasteiger partial charge in [0.15, 0.2) is 0 Å². The van der Waals surface area contributed by atoms with E-state index in [1.54, 1.807) is 0 Å². The van der Waals surface area contributed by atoms with Crippen LogP contribution in [0.15, 0.2) is 36.9 Å². The summed E-state index contributed by atoms with van der Waals surface area (Å²) in [5, 5.41) is 0. The van der Waals surface area contributed by atoms with Gasteiger partial charge < -0.3 is 4.57 Å². The van der Waals surface area contributed by atoms with Crippen LogP contribution in [0.4, 0.5) is 0 Å². The van der Waals surface area contributed by atoms with E-state index in [0.717, 1.165) is 24.8 Å². The Morgan fingerprint density at radius 2 is 2.10 bits per heavy atom. The van der Waals surface area contributed by atoms with Gasteiger partial charge in [-0.25, -0.2) is 4.98 Å². The average molecular weight is 270 g/mol. The third kappa shape index (κ3) is 3.25. The third-order valence-electron chi connectivity index (χ3n) is 4.21. The van der Waals surface area contributed by atoms with E-state index in [-0.39, 0.29) is 0 Å². The molecule has 1 fully saturated rings. The highest BCUT2D eigenvalue weighted by Crippen LogP contribution is 2.20. The molecule has 0 N–H and O–H groups in total. The lowest BCUT2D eigenvalue weighted by molar-refractivity contribution is 0.166. The molecule has 0 amide bonds. The summed E-state index contributed by atoms with van der Waals surface area (Å²) in [4.78, 5) is 11.0. The second-order valence-electron chi connectivity index (χ2n) is 5.71. The minimum Gasteiger partial charge on any atom is -0.335 e. The number of likely N-dealkylation sites (tertiary alicyclic amines) is 1. The summed E-state index contributed by atoms with van der Waals surface area (Å²) in [7, 11) is 0. The molecular weight excluding hydrogens is 248 g/mol. The van der Waals surface area contributed by atoms with Crippen molar-refractivity contribution in [3.05, 3.63) is 48.3 Å². The van der Waals surface area contributed by atoms with Crippen molar-refractivity contribution in [3.63, 3.8) is 0 Å². The Bertz CT molecular complexity index is 526. The van der Waals surface area contributed by atoms with Gasteiger partial charge in [0.05, 0.1) is 0 Å². The van der Waals surface area contributed by atoms with Crippen molar-refractivity contribution in [2.75, 3.05) is 13.1 Å². The van der Waals surface area contributed by atoms with Gasteiger partial charge in [-0.1, -0.05) is 6.07 Å². The summed E-state index contributed by atoms with van der Waals surface area (Å²) < 4.78 is 2.28. The molecule has 0 aromatic carbocycles. The molecule has 0 bridgehead atoms. The molecule has 1 saturated heterocycles. The van der Waals surface area contributed by atoms with Crippen LogP contribution in [-0.2, 0) is 13.1 Å². The van der Waals surface area contributed by atoms with E-state index >= 15 is 0 Å². The fourth-order valence-corrected chi connectivity index (χ4v) is 2.95. The Balaban J connectivity index is 1.49. The van der Waals surface area contributed by atoms with Gasteiger partial charge in [0, 0.05) is 37.9 Å². The number of nitrogens with zero attached hydrogens (tertiary/aromatic N) is 4. The molecule has 2 aromatic heterocycles. The van der Waals surface area contributed by atoms with Gasteiger partial charge in [-0.05, 0) is 50.4 Å². The van der Waals surface area contributed by atoms with Crippen molar-refractivity contribution in [2.45, 2.75) is 32.9 Å². The number of piperidine rings is 1. The molecule has 0 radical (unpaired) electrons. The van der Waals surface area contributed by atoms with Crippen molar-refractivity contribution in [2.24, 2.45) is 5.92 Å². The normalized spacial score (nSPS) is 17.4. The lowest BCUT2D eigenvalue weighted by Crippen LogP contribution is -2.34. The van der Waals surface area contributed by atoms with Crippen LogP contribution >= 0.6 is 0 Å². The van der Waals surface area contributed by atoms with Crippen LogP contribution in [0, 0.1) is 12.8 Å². The van der Waals surface area contributed by atoms with Crippen LogP contribution in [-0.4, -0.2) is 32.5 Å². The number of imidazole rings is 1. The lowest BCUT2D eigenvalue weighted by atomic mass is 9.96. The van der Waals surface area contributed by atoms with Gasteiger partial charge in [-0.15, -0.1) is 0 Å². The van der Waals surface area contributed by atoms with E-state index in [2.05, 4.69) is 38.6 Å². The Labute approximate surface area is 120 Å². The Morgan fingerprint density at radius 3 is 2.75 bits per heavy atom. The zero-order valence-corrected chi connectivity index (χ0v) is 12.1.